The molecule has 0 bridgehead atoms. The SMILES string of the molecule is BC(=O)O.Pc1ccccc1. The van der Waals surface area contributed by atoms with Gasteiger partial charge in [-0.2, -0.15) is 0 Å². The van der Waals surface area contributed by atoms with Gasteiger partial charge >= 0.3 is 0 Å². The summed E-state index contributed by atoms with van der Waals surface area (Å²) in [6.45, 7) is 0. The summed E-state index contributed by atoms with van der Waals surface area (Å²) < 4.78 is 0. The lowest BCUT2D eigenvalue weighted by molar-refractivity contribution is 0.220. The number of hydrogen-bond donors (Lipinski definition) is 1. The summed E-state index contributed by atoms with van der Waals surface area (Å²) in [4.78, 5) is 9.00. The highest BCUT2D eigenvalue weighted by molar-refractivity contribution is 7.27. The molecular formula is C7H10BO2P. The maximum Gasteiger partial charge on any atom is 0.242 e. The van der Waals surface area contributed by atoms with Gasteiger partial charge in [0.2, 0.25) is 13.7 Å². The molecule has 11 heavy (non-hydrogen) atoms. The predicted octanol–water partition coefficient (Wildman–Crippen LogP) is 0.484. The van der Waals surface area contributed by atoms with Gasteiger partial charge in [-0.25, -0.2) is 0 Å². The second-order valence-electron chi connectivity index (χ2n) is 1.93. The second-order valence-corrected chi connectivity index (χ2v) is 2.60. The minimum absolute atomic E-state index is 0.833. The normalized spacial score (nSPS) is 7.73. The monoisotopic (exact) mass is 168 g/mol. The van der Waals surface area contributed by atoms with Crippen molar-refractivity contribution in [1.82, 2.24) is 0 Å². The van der Waals surface area contributed by atoms with Crippen LogP contribution in [0, 0.1) is 0 Å². The first-order valence-electron chi connectivity index (χ1n) is 3.13. The molecule has 1 unspecified atom stereocenters. The molecule has 2 nitrogen and oxygen atoms in total. The third kappa shape index (κ3) is 9.18. The molecule has 58 valence electrons. The molecule has 0 spiro atoms. The Labute approximate surface area is 69.2 Å². The highest BCUT2D eigenvalue weighted by atomic mass is 31.0. The van der Waals surface area contributed by atoms with E-state index < -0.39 is 5.87 Å². The van der Waals surface area contributed by atoms with E-state index in [0.717, 1.165) is 7.85 Å². The molecule has 0 aromatic heterocycles. The Morgan fingerprint density at radius 3 is 1.91 bits per heavy atom. The number of carbonyl (C=O) groups is 1. The molecule has 0 aliphatic carbocycles. The number of carboxylic acid groups (broad SMARTS) is 1. The maximum atomic E-state index is 9.00. The smallest absolute Gasteiger partial charge is 0.242 e. The summed E-state index contributed by atoms with van der Waals surface area (Å²) in [5.74, 6) is -0.833. The summed E-state index contributed by atoms with van der Waals surface area (Å²) in [7, 11) is 3.71. The zero-order chi connectivity index (χ0) is 8.69. The van der Waals surface area contributed by atoms with Gasteiger partial charge in [0.05, 0.1) is 0 Å². The number of benzene rings is 1. The Morgan fingerprint density at radius 1 is 1.36 bits per heavy atom. The fraction of sp³-hybridized carbons (Fsp3) is 0. The Bertz CT molecular complexity index is 209. The first kappa shape index (κ1) is 10.2. The Kier molecular flexibility index (Phi) is 5.49. The van der Waals surface area contributed by atoms with E-state index in [9.17, 15) is 0 Å². The molecule has 0 heterocycles. The van der Waals surface area contributed by atoms with Crippen molar-refractivity contribution in [1.29, 1.82) is 0 Å². The molecule has 0 aliphatic rings. The van der Waals surface area contributed by atoms with Crippen LogP contribution in [-0.2, 0) is 0 Å². The summed E-state index contributed by atoms with van der Waals surface area (Å²) >= 11 is 0. The Hall–Kier alpha value is -0.815. The van der Waals surface area contributed by atoms with E-state index in [1.54, 1.807) is 0 Å². The van der Waals surface area contributed by atoms with Gasteiger partial charge in [-0.1, -0.05) is 30.3 Å². The predicted molar refractivity (Wildman–Crippen MR) is 52.4 cm³/mol. The molecule has 0 saturated carbocycles. The van der Waals surface area contributed by atoms with Crippen LogP contribution < -0.4 is 5.30 Å². The highest BCUT2D eigenvalue weighted by Crippen LogP contribution is 1.86. The molecule has 1 aromatic carbocycles. The van der Waals surface area contributed by atoms with E-state index in [-0.39, 0.29) is 0 Å². The van der Waals surface area contributed by atoms with Crippen LogP contribution in [0.2, 0.25) is 0 Å². The molecule has 1 rings (SSSR count). The fourth-order valence-corrected chi connectivity index (χ4v) is 0.675. The summed E-state index contributed by atoms with van der Waals surface area (Å²) in [6.07, 6.45) is 0. The van der Waals surface area contributed by atoms with Gasteiger partial charge in [0, 0.05) is 0 Å². The standard InChI is InChI=1S/C6H7P.CH3BO2/c7-6-4-2-1-3-5-6;2-1(3)4/h1-5H,7H2;2H2,(H,3,4). The minimum Gasteiger partial charge on any atom is -0.490 e. The molecule has 1 aromatic rings. The topological polar surface area (TPSA) is 37.3 Å². The van der Waals surface area contributed by atoms with E-state index in [2.05, 4.69) is 9.24 Å². The molecule has 0 amide bonds. The molecule has 0 radical (unpaired) electrons. The van der Waals surface area contributed by atoms with E-state index in [1.165, 1.54) is 5.30 Å². The van der Waals surface area contributed by atoms with Crippen molar-refractivity contribution in [3.05, 3.63) is 30.3 Å². The second kappa shape index (κ2) is 5.93. The molecular weight excluding hydrogens is 158 g/mol. The summed E-state index contributed by atoms with van der Waals surface area (Å²) in [5.41, 5.74) is 0. The molecule has 0 saturated heterocycles. The molecule has 0 aliphatic heterocycles. The van der Waals surface area contributed by atoms with Crippen LogP contribution in [0.25, 0.3) is 0 Å². The van der Waals surface area contributed by atoms with Crippen LogP contribution in [0.1, 0.15) is 0 Å². The van der Waals surface area contributed by atoms with Crippen molar-refractivity contribution in [3.8, 4) is 0 Å². The molecule has 1 N–H and O–H groups in total. The van der Waals surface area contributed by atoms with E-state index in [0.29, 0.717) is 0 Å². The Balaban J connectivity index is 0.000000218. The zero-order valence-electron chi connectivity index (χ0n) is 6.32. The first-order valence-corrected chi connectivity index (χ1v) is 3.70. The van der Waals surface area contributed by atoms with Crippen LogP contribution in [0.5, 0.6) is 0 Å². The number of hydrogen-bond acceptors (Lipinski definition) is 1. The maximum absolute atomic E-state index is 9.00. The van der Waals surface area contributed by atoms with Gasteiger partial charge in [-0.15, -0.1) is 9.24 Å². The van der Waals surface area contributed by atoms with Crippen molar-refractivity contribution < 1.29 is 9.90 Å². The van der Waals surface area contributed by atoms with Gasteiger partial charge < -0.3 is 5.11 Å². The van der Waals surface area contributed by atoms with Crippen LogP contribution in [0.4, 0.5) is 4.79 Å². The number of rotatable bonds is 0. The van der Waals surface area contributed by atoms with Gasteiger partial charge in [-0.3, -0.25) is 4.79 Å². The lowest BCUT2D eigenvalue weighted by atomic mass is 10.2. The fourth-order valence-electron chi connectivity index (χ4n) is 0.453. The third-order valence-electron chi connectivity index (χ3n) is 0.800. The lowest BCUT2D eigenvalue weighted by Gasteiger charge is -1.82. The third-order valence-corrected chi connectivity index (χ3v) is 1.18. The minimum atomic E-state index is -0.833. The molecule has 1 atom stereocenters. The van der Waals surface area contributed by atoms with Crippen molar-refractivity contribution in [3.63, 3.8) is 0 Å². The van der Waals surface area contributed by atoms with Gasteiger partial charge in [-0.05, 0) is 5.30 Å². The van der Waals surface area contributed by atoms with Gasteiger partial charge in [0.1, 0.15) is 0 Å². The average molecular weight is 168 g/mol. The van der Waals surface area contributed by atoms with E-state index in [1.807, 2.05) is 30.3 Å². The summed E-state index contributed by atoms with van der Waals surface area (Å²) in [6, 6.07) is 10.1. The average Bonchev–Trinajstić information content (AvgIpc) is 1.87. The van der Waals surface area contributed by atoms with E-state index >= 15 is 0 Å². The quantitative estimate of drug-likeness (QED) is 0.451. The van der Waals surface area contributed by atoms with Gasteiger partial charge in [0.15, 0.2) is 0 Å². The van der Waals surface area contributed by atoms with Crippen molar-refractivity contribution in [2.75, 3.05) is 0 Å². The van der Waals surface area contributed by atoms with Crippen LogP contribution in [0.3, 0.4) is 0 Å². The van der Waals surface area contributed by atoms with Crippen molar-refractivity contribution in [2.24, 2.45) is 0 Å². The van der Waals surface area contributed by atoms with Crippen LogP contribution in [0.15, 0.2) is 30.3 Å². The molecule has 4 heteroatoms. The summed E-state index contributed by atoms with van der Waals surface area (Å²) in [5, 5.41) is 8.66. The Morgan fingerprint density at radius 2 is 1.73 bits per heavy atom. The molecule has 0 fully saturated rings. The van der Waals surface area contributed by atoms with Crippen molar-refractivity contribution in [2.45, 2.75) is 0 Å². The van der Waals surface area contributed by atoms with Gasteiger partial charge in [0.25, 0.3) is 0 Å². The largest absolute Gasteiger partial charge is 0.490 e. The van der Waals surface area contributed by atoms with Crippen LogP contribution >= 0.6 is 9.24 Å². The van der Waals surface area contributed by atoms with Crippen molar-refractivity contribution >= 4 is 28.3 Å². The first-order chi connectivity index (χ1) is 5.13. The zero-order valence-corrected chi connectivity index (χ0v) is 7.47. The lowest BCUT2D eigenvalue weighted by Crippen LogP contribution is -1.83. The van der Waals surface area contributed by atoms with Crippen LogP contribution in [-0.4, -0.2) is 18.8 Å². The highest BCUT2D eigenvalue weighted by Gasteiger charge is 1.72. The van der Waals surface area contributed by atoms with E-state index in [4.69, 9.17) is 9.90 Å².